The van der Waals surface area contributed by atoms with Crippen molar-refractivity contribution in [2.75, 3.05) is 13.2 Å². The predicted octanol–water partition coefficient (Wildman–Crippen LogP) is 2.56. The molecule has 3 N–H and O–H groups in total. The van der Waals surface area contributed by atoms with E-state index >= 15 is 0 Å². The normalized spacial score (nSPS) is 11.8. The molecule has 3 rings (SSSR count). The molecule has 6 nitrogen and oxygen atoms in total. The molecule has 0 saturated carbocycles. The molecule has 0 bridgehead atoms. The van der Waals surface area contributed by atoms with Gasteiger partial charge in [0, 0.05) is 25.7 Å². The fraction of sp³-hybridized carbons (Fsp3) is 0.304. The van der Waals surface area contributed by atoms with Gasteiger partial charge in [0.15, 0.2) is 0 Å². The molecule has 0 unspecified atom stereocenters. The highest BCUT2D eigenvalue weighted by Crippen LogP contribution is 2.18. The molecule has 6 heteroatoms. The molecule has 29 heavy (non-hydrogen) atoms. The van der Waals surface area contributed by atoms with E-state index in [1.165, 1.54) is 5.56 Å². The van der Waals surface area contributed by atoms with E-state index in [0.29, 0.717) is 26.0 Å². The first-order valence-electron chi connectivity index (χ1n) is 9.94. The first kappa shape index (κ1) is 20.6. The fourth-order valence-corrected chi connectivity index (χ4v) is 3.17. The molecule has 0 radical (unpaired) electrons. The summed E-state index contributed by atoms with van der Waals surface area (Å²) in [6, 6.07) is 17.4. The van der Waals surface area contributed by atoms with Gasteiger partial charge in [-0.25, -0.2) is 4.98 Å². The van der Waals surface area contributed by atoms with E-state index in [9.17, 15) is 4.79 Å². The molecule has 0 fully saturated rings. The first-order chi connectivity index (χ1) is 14.2. The second kappa shape index (κ2) is 10.4. The minimum Gasteiger partial charge on any atom is -0.494 e. The van der Waals surface area contributed by atoms with Crippen molar-refractivity contribution in [3.8, 4) is 5.75 Å². The average molecular weight is 393 g/mol. The molecule has 1 atom stereocenters. The number of amides is 1. The minimum atomic E-state index is -0.628. The van der Waals surface area contributed by atoms with Crippen LogP contribution in [0.4, 0.5) is 0 Å². The summed E-state index contributed by atoms with van der Waals surface area (Å²) in [7, 11) is 0. The Morgan fingerprint density at radius 2 is 1.93 bits per heavy atom. The maximum absolute atomic E-state index is 12.3. The van der Waals surface area contributed by atoms with Gasteiger partial charge in [-0.3, -0.25) is 4.79 Å². The van der Waals surface area contributed by atoms with E-state index in [2.05, 4.69) is 22.4 Å². The third kappa shape index (κ3) is 6.19. The lowest BCUT2D eigenvalue weighted by Gasteiger charge is -2.13. The van der Waals surface area contributed by atoms with Crippen LogP contribution < -0.4 is 15.8 Å². The Labute approximate surface area is 171 Å². The van der Waals surface area contributed by atoms with Gasteiger partial charge in [0.25, 0.3) is 0 Å². The van der Waals surface area contributed by atoms with Crippen molar-refractivity contribution in [3.05, 3.63) is 83.9 Å². The molecule has 0 aliphatic carbocycles. The number of imidazole rings is 1. The van der Waals surface area contributed by atoms with Crippen LogP contribution in [0.25, 0.3) is 0 Å². The van der Waals surface area contributed by atoms with Gasteiger partial charge >= 0.3 is 0 Å². The van der Waals surface area contributed by atoms with Crippen molar-refractivity contribution in [2.24, 2.45) is 5.73 Å². The summed E-state index contributed by atoms with van der Waals surface area (Å²) < 4.78 is 7.62. The number of carbonyl (C=O) groups excluding carboxylic acids is 1. The Kier molecular flexibility index (Phi) is 7.41. The van der Waals surface area contributed by atoms with E-state index in [1.54, 1.807) is 6.33 Å². The molecule has 0 aliphatic heterocycles. The molecule has 1 heterocycles. The van der Waals surface area contributed by atoms with Gasteiger partial charge in [0.2, 0.25) is 5.91 Å². The third-order valence-corrected chi connectivity index (χ3v) is 4.63. The highest BCUT2D eigenvalue weighted by molar-refractivity contribution is 5.81. The number of hydrogen-bond acceptors (Lipinski definition) is 4. The molecule has 0 aliphatic rings. The highest BCUT2D eigenvalue weighted by atomic mass is 16.5. The average Bonchev–Trinajstić information content (AvgIpc) is 3.16. The Balaban J connectivity index is 1.46. The van der Waals surface area contributed by atoms with Crippen LogP contribution in [-0.4, -0.2) is 34.7 Å². The SMILES string of the molecule is CCOc1ccccc1CCNC(=O)[C@@H](N)Cc1cn(Cc2ccccc2)cn1. The van der Waals surface area contributed by atoms with Crippen LogP contribution in [0.1, 0.15) is 23.7 Å². The van der Waals surface area contributed by atoms with Crippen molar-refractivity contribution in [3.63, 3.8) is 0 Å². The van der Waals surface area contributed by atoms with Gasteiger partial charge < -0.3 is 20.4 Å². The van der Waals surface area contributed by atoms with Gasteiger partial charge in [-0.2, -0.15) is 0 Å². The summed E-state index contributed by atoms with van der Waals surface area (Å²) in [5.74, 6) is 0.689. The molecule has 2 aromatic carbocycles. The van der Waals surface area contributed by atoms with E-state index in [4.69, 9.17) is 10.5 Å². The van der Waals surface area contributed by atoms with Crippen LogP contribution >= 0.6 is 0 Å². The third-order valence-electron chi connectivity index (χ3n) is 4.63. The lowest BCUT2D eigenvalue weighted by atomic mass is 10.1. The predicted molar refractivity (Wildman–Crippen MR) is 114 cm³/mol. The first-order valence-corrected chi connectivity index (χ1v) is 9.94. The number of para-hydroxylation sites is 1. The van der Waals surface area contributed by atoms with Crippen molar-refractivity contribution in [1.29, 1.82) is 0 Å². The summed E-state index contributed by atoms with van der Waals surface area (Å²) >= 11 is 0. The Morgan fingerprint density at radius 1 is 1.17 bits per heavy atom. The number of hydrogen-bond donors (Lipinski definition) is 2. The largest absolute Gasteiger partial charge is 0.494 e. The monoisotopic (exact) mass is 392 g/mol. The molecular weight excluding hydrogens is 364 g/mol. The highest BCUT2D eigenvalue weighted by Gasteiger charge is 2.15. The van der Waals surface area contributed by atoms with Gasteiger partial charge in [-0.15, -0.1) is 0 Å². The quantitative estimate of drug-likeness (QED) is 0.556. The lowest BCUT2D eigenvalue weighted by molar-refractivity contribution is -0.122. The van der Waals surface area contributed by atoms with Crippen LogP contribution in [-0.2, 0) is 24.2 Å². The number of rotatable bonds is 10. The number of carbonyl (C=O) groups is 1. The van der Waals surface area contributed by atoms with Crippen molar-refractivity contribution in [2.45, 2.75) is 32.4 Å². The molecule has 0 spiro atoms. The molecule has 1 aromatic heterocycles. The maximum atomic E-state index is 12.3. The zero-order valence-electron chi connectivity index (χ0n) is 16.8. The van der Waals surface area contributed by atoms with Gasteiger partial charge in [-0.1, -0.05) is 48.5 Å². The van der Waals surface area contributed by atoms with E-state index in [-0.39, 0.29) is 5.91 Å². The van der Waals surface area contributed by atoms with Crippen molar-refractivity contribution < 1.29 is 9.53 Å². The van der Waals surface area contributed by atoms with Crippen molar-refractivity contribution >= 4 is 5.91 Å². The van der Waals surface area contributed by atoms with Crippen LogP contribution in [0.5, 0.6) is 5.75 Å². The number of nitrogens with zero attached hydrogens (tertiary/aromatic N) is 2. The van der Waals surface area contributed by atoms with Crippen LogP contribution in [0, 0.1) is 0 Å². The van der Waals surface area contributed by atoms with E-state index in [0.717, 1.165) is 23.6 Å². The second-order valence-corrected chi connectivity index (χ2v) is 6.92. The van der Waals surface area contributed by atoms with Gasteiger partial charge in [-0.05, 0) is 30.5 Å². The number of benzene rings is 2. The topological polar surface area (TPSA) is 82.2 Å². The number of nitrogens with one attached hydrogen (secondary N) is 1. The van der Waals surface area contributed by atoms with Gasteiger partial charge in [0.1, 0.15) is 5.75 Å². The molecule has 152 valence electrons. The fourth-order valence-electron chi connectivity index (χ4n) is 3.17. The molecule has 3 aromatic rings. The summed E-state index contributed by atoms with van der Waals surface area (Å²) in [4.78, 5) is 16.7. The standard InChI is InChI=1S/C23H28N4O2/c1-2-29-22-11-7-6-10-19(22)12-13-25-23(28)21(24)14-20-16-27(17-26-20)15-18-8-4-3-5-9-18/h3-11,16-17,21H,2,12-15,24H2,1H3,(H,25,28)/t21-/m0/s1. The van der Waals surface area contributed by atoms with E-state index < -0.39 is 6.04 Å². The summed E-state index contributed by atoms with van der Waals surface area (Å²) in [5, 5.41) is 2.91. The Bertz CT molecular complexity index is 908. The van der Waals surface area contributed by atoms with Crippen LogP contribution in [0.2, 0.25) is 0 Å². The number of ether oxygens (including phenoxy) is 1. The number of nitrogens with two attached hydrogens (primary N) is 1. The smallest absolute Gasteiger partial charge is 0.237 e. The number of aromatic nitrogens is 2. The Hall–Kier alpha value is -3.12. The van der Waals surface area contributed by atoms with Crippen LogP contribution in [0.15, 0.2) is 67.1 Å². The van der Waals surface area contributed by atoms with Gasteiger partial charge in [0.05, 0.1) is 24.7 Å². The summed E-state index contributed by atoms with van der Waals surface area (Å²) in [6.07, 6.45) is 4.82. The van der Waals surface area contributed by atoms with E-state index in [1.807, 2.05) is 60.2 Å². The zero-order chi connectivity index (χ0) is 20.5. The Morgan fingerprint density at radius 3 is 2.72 bits per heavy atom. The maximum Gasteiger partial charge on any atom is 0.237 e. The second-order valence-electron chi connectivity index (χ2n) is 6.92. The molecule has 1 amide bonds. The molecule has 0 saturated heterocycles. The minimum absolute atomic E-state index is 0.170. The molecular formula is C23H28N4O2. The van der Waals surface area contributed by atoms with Crippen molar-refractivity contribution in [1.82, 2.24) is 14.9 Å². The zero-order valence-corrected chi connectivity index (χ0v) is 16.8. The lowest BCUT2D eigenvalue weighted by Crippen LogP contribution is -2.42. The summed E-state index contributed by atoms with van der Waals surface area (Å²) in [6.45, 7) is 3.83. The summed E-state index contributed by atoms with van der Waals surface area (Å²) in [5.41, 5.74) is 9.16. The van der Waals surface area contributed by atoms with Crippen LogP contribution in [0.3, 0.4) is 0 Å².